The number of benzene rings is 2. The van der Waals surface area contributed by atoms with Crippen LogP contribution in [0.25, 0.3) is 22.5 Å². The molecule has 3 aromatic heterocycles. The zero-order valence-electron chi connectivity index (χ0n) is 20.0. The molecule has 6 nitrogen and oxygen atoms in total. The topological polar surface area (TPSA) is 71.0 Å². The van der Waals surface area contributed by atoms with E-state index in [4.69, 9.17) is 0 Å². The summed E-state index contributed by atoms with van der Waals surface area (Å²) in [5.74, 6) is -0.818. The predicted octanol–water partition coefficient (Wildman–Crippen LogP) is 5.69. The Bertz CT molecular complexity index is 1650. The van der Waals surface area contributed by atoms with Crippen LogP contribution < -0.4 is 0 Å². The van der Waals surface area contributed by atoms with Gasteiger partial charge in [-0.25, -0.2) is 21.2 Å². The molecule has 37 heavy (non-hydrogen) atoms. The molecule has 0 aliphatic rings. The molecule has 1 N–H and O–H groups in total. The highest BCUT2D eigenvalue weighted by Crippen LogP contribution is 2.30. The molecule has 3 heterocycles. The normalized spacial score (nSPS) is 11.8. The van der Waals surface area contributed by atoms with Crippen molar-refractivity contribution in [2.45, 2.75) is 18.0 Å². The van der Waals surface area contributed by atoms with Crippen molar-refractivity contribution >= 4 is 10.0 Å². The number of hydrogen-bond donors (Lipinski definition) is 1. The van der Waals surface area contributed by atoms with Gasteiger partial charge in [-0.3, -0.25) is 9.88 Å². The van der Waals surface area contributed by atoms with Crippen LogP contribution in [0.2, 0.25) is 0 Å². The molecule has 0 aliphatic heterocycles. The van der Waals surface area contributed by atoms with Crippen LogP contribution >= 0.6 is 0 Å². The van der Waals surface area contributed by atoms with Crippen LogP contribution in [0.1, 0.15) is 11.1 Å². The summed E-state index contributed by atoms with van der Waals surface area (Å²) in [7, 11) is -2.09. The molecule has 0 spiro atoms. The second kappa shape index (κ2) is 10.1. The van der Waals surface area contributed by atoms with E-state index in [-0.39, 0.29) is 22.0 Å². The highest BCUT2D eigenvalue weighted by atomic mass is 32.2. The van der Waals surface area contributed by atoms with E-state index in [9.17, 15) is 17.2 Å². The predicted molar refractivity (Wildman–Crippen MR) is 138 cm³/mol. The monoisotopic (exact) mass is 518 g/mol. The lowest BCUT2D eigenvalue weighted by Crippen LogP contribution is -2.17. The minimum atomic E-state index is -3.99. The molecule has 0 unspecified atom stereocenters. The molecule has 0 aliphatic carbocycles. The summed E-state index contributed by atoms with van der Waals surface area (Å²) < 4.78 is 56.9. The van der Waals surface area contributed by atoms with Crippen molar-refractivity contribution in [3.63, 3.8) is 0 Å². The van der Waals surface area contributed by atoms with Gasteiger partial charge >= 0.3 is 0 Å². The third kappa shape index (κ3) is 5.09. The average molecular weight is 519 g/mol. The van der Waals surface area contributed by atoms with Crippen LogP contribution in [0.15, 0.2) is 102 Å². The summed E-state index contributed by atoms with van der Waals surface area (Å²) >= 11 is 0. The van der Waals surface area contributed by atoms with E-state index in [1.165, 1.54) is 42.9 Å². The number of aromatic amines is 1. The molecule has 0 radical (unpaired) electrons. The standard InChI is InChI=1S/C28H24F2N4O2S/c1-33(17-20-14-27(32-16-20)23-6-2-4-8-25(23)29)18-21-15-28(24-7-3-5-9-26(24)30)34(19-21)37(35,36)22-10-12-31-13-11-22/h2-16,19,32H,17-18H2,1H3. The molecule has 188 valence electrons. The fraction of sp³-hybridized carbons (Fsp3) is 0.107. The molecule has 0 atom stereocenters. The number of hydrogen-bond acceptors (Lipinski definition) is 4. The van der Waals surface area contributed by atoms with Gasteiger partial charge in [-0.1, -0.05) is 24.3 Å². The van der Waals surface area contributed by atoms with Gasteiger partial charge < -0.3 is 4.98 Å². The Hall–Kier alpha value is -4.08. The van der Waals surface area contributed by atoms with E-state index in [2.05, 4.69) is 9.97 Å². The molecule has 0 bridgehead atoms. The first-order valence-corrected chi connectivity index (χ1v) is 13.0. The zero-order chi connectivity index (χ0) is 26.0. The fourth-order valence-electron chi connectivity index (χ4n) is 4.32. The van der Waals surface area contributed by atoms with E-state index in [1.807, 2.05) is 24.2 Å². The molecule has 9 heteroatoms. The van der Waals surface area contributed by atoms with Crippen molar-refractivity contribution in [3.05, 3.63) is 120 Å². The SMILES string of the molecule is CN(Cc1c[nH]c(-c2ccccc2F)c1)Cc1cc(-c2ccccc2F)n(S(=O)(=O)c2ccncc2)c1. The third-order valence-electron chi connectivity index (χ3n) is 6.01. The molecule has 0 amide bonds. The van der Waals surface area contributed by atoms with Gasteiger partial charge in [0.15, 0.2) is 0 Å². The number of aromatic nitrogens is 3. The molecular weight excluding hydrogens is 494 g/mol. The van der Waals surface area contributed by atoms with Crippen molar-refractivity contribution in [3.8, 4) is 22.5 Å². The Labute approximate surface area is 213 Å². The van der Waals surface area contributed by atoms with Crippen LogP contribution in [0.4, 0.5) is 8.78 Å². The van der Waals surface area contributed by atoms with E-state index in [0.29, 0.717) is 29.9 Å². The Morgan fingerprint density at radius 3 is 2.16 bits per heavy atom. The van der Waals surface area contributed by atoms with E-state index in [0.717, 1.165) is 9.54 Å². The summed E-state index contributed by atoms with van der Waals surface area (Å²) in [5, 5.41) is 0. The second-order valence-corrected chi connectivity index (χ2v) is 10.6. The molecule has 0 fully saturated rings. The maximum absolute atomic E-state index is 14.7. The van der Waals surface area contributed by atoms with E-state index in [1.54, 1.807) is 42.5 Å². The number of nitrogens with zero attached hydrogens (tertiary/aromatic N) is 3. The first-order chi connectivity index (χ1) is 17.8. The molecule has 0 saturated heterocycles. The van der Waals surface area contributed by atoms with Crippen molar-refractivity contribution in [1.29, 1.82) is 0 Å². The van der Waals surface area contributed by atoms with Gasteiger partial charge in [-0.05, 0) is 66.7 Å². The van der Waals surface area contributed by atoms with Gasteiger partial charge in [0.25, 0.3) is 10.0 Å². The minimum absolute atomic E-state index is 0.0589. The molecule has 5 rings (SSSR count). The highest BCUT2D eigenvalue weighted by Gasteiger charge is 2.23. The number of pyridine rings is 1. The van der Waals surface area contributed by atoms with Gasteiger partial charge in [-0.15, -0.1) is 0 Å². The third-order valence-corrected chi connectivity index (χ3v) is 7.70. The lowest BCUT2D eigenvalue weighted by atomic mass is 10.1. The van der Waals surface area contributed by atoms with Gasteiger partial charge in [0, 0.05) is 54.7 Å². The maximum atomic E-state index is 14.7. The smallest absolute Gasteiger partial charge is 0.268 e. The number of rotatable bonds is 8. The van der Waals surface area contributed by atoms with E-state index >= 15 is 0 Å². The molecular formula is C28H24F2N4O2S. The van der Waals surface area contributed by atoms with Crippen LogP contribution in [0.5, 0.6) is 0 Å². The van der Waals surface area contributed by atoms with Crippen LogP contribution in [0.3, 0.4) is 0 Å². The first kappa shape index (κ1) is 24.6. The average Bonchev–Trinajstić information content (AvgIpc) is 3.53. The number of H-pyrrole nitrogens is 1. The molecule has 0 saturated carbocycles. The van der Waals surface area contributed by atoms with Crippen molar-refractivity contribution in [1.82, 2.24) is 18.8 Å². The fourth-order valence-corrected chi connectivity index (χ4v) is 5.69. The largest absolute Gasteiger partial charge is 0.361 e. The summed E-state index contributed by atoms with van der Waals surface area (Å²) in [4.78, 5) is 9.07. The highest BCUT2D eigenvalue weighted by molar-refractivity contribution is 7.90. The Balaban J connectivity index is 1.43. The number of halogens is 2. The Morgan fingerprint density at radius 1 is 0.865 bits per heavy atom. The molecule has 5 aromatic rings. The van der Waals surface area contributed by atoms with Gasteiger partial charge in [0.05, 0.1) is 10.6 Å². The van der Waals surface area contributed by atoms with Crippen LogP contribution in [-0.2, 0) is 23.1 Å². The van der Waals surface area contributed by atoms with Crippen molar-refractivity contribution in [2.24, 2.45) is 0 Å². The Kier molecular flexibility index (Phi) is 6.73. The van der Waals surface area contributed by atoms with Crippen LogP contribution in [-0.4, -0.2) is 34.3 Å². The minimum Gasteiger partial charge on any atom is -0.361 e. The maximum Gasteiger partial charge on any atom is 0.268 e. The van der Waals surface area contributed by atoms with Crippen molar-refractivity contribution < 1.29 is 17.2 Å². The number of nitrogens with one attached hydrogen (secondary N) is 1. The Morgan fingerprint density at radius 2 is 1.49 bits per heavy atom. The lowest BCUT2D eigenvalue weighted by molar-refractivity contribution is 0.319. The van der Waals surface area contributed by atoms with Gasteiger partial charge in [-0.2, -0.15) is 0 Å². The zero-order valence-corrected chi connectivity index (χ0v) is 20.8. The summed E-state index contributed by atoms with van der Waals surface area (Å²) in [6.07, 6.45) is 6.15. The van der Waals surface area contributed by atoms with Gasteiger partial charge in [0.2, 0.25) is 0 Å². The first-order valence-electron chi connectivity index (χ1n) is 11.6. The summed E-state index contributed by atoms with van der Waals surface area (Å²) in [6.45, 7) is 0.933. The van der Waals surface area contributed by atoms with Crippen LogP contribution in [0, 0.1) is 11.6 Å². The summed E-state index contributed by atoms with van der Waals surface area (Å²) in [6, 6.07) is 19.0. The van der Waals surface area contributed by atoms with Crippen molar-refractivity contribution in [2.75, 3.05) is 7.05 Å². The second-order valence-electron chi connectivity index (χ2n) is 8.77. The van der Waals surface area contributed by atoms with E-state index < -0.39 is 15.8 Å². The lowest BCUT2D eigenvalue weighted by Gasteiger charge is -2.14. The summed E-state index contributed by atoms with van der Waals surface area (Å²) in [5.41, 5.74) is 3.24. The van der Waals surface area contributed by atoms with Gasteiger partial charge in [0.1, 0.15) is 11.6 Å². The quantitative estimate of drug-likeness (QED) is 0.286. The molecule has 2 aromatic carbocycles.